The Kier molecular flexibility index (Phi) is 4.28. The van der Waals surface area contributed by atoms with Crippen molar-refractivity contribution in [2.75, 3.05) is 39.3 Å². The number of rotatable bonds is 3. The lowest BCUT2D eigenvalue weighted by Crippen LogP contribution is -2.58. The quantitative estimate of drug-likeness (QED) is 0.813. The number of nitrogens with zero attached hydrogens (tertiary/aromatic N) is 2. The maximum absolute atomic E-state index is 12.5. The third kappa shape index (κ3) is 3.04. The van der Waals surface area contributed by atoms with Crippen LogP contribution in [0.4, 0.5) is 0 Å². The molecule has 1 N–H and O–H groups in total. The van der Waals surface area contributed by atoms with E-state index in [1.54, 1.807) is 0 Å². The molecule has 104 valence electrons. The Bertz CT molecular complexity index is 289. The van der Waals surface area contributed by atoms with Crippen LogP contribution in [-0.2, 0) is 4.79 Å². The highest BCUT2D eigenvalue weighted by molar-refractivity contribution is 5.86. The SMILES string of the molecule is CC(C)CN1CCN(C(=O)C2(C)CCCN2)CC1. The average Bonchev–Trinajstić information content (AvgIpc) is 2.77. The lowest BCUT2D eigenvalue weighted by atomic mass is 9.98. The van der Waals surface area contributed by atoms with Crippen LogP contribution in [0.25, 0.3) is 0 Å². The van der Waals surface area contributed by atoms with Crippen LogP contribution < -0.4 is 5.32 Å². The normalized spacial score (nSPS) is 30.1. The van der Waals surface area contributed by atoms with Crippen LogP contribution in [0.5, 0.6) is 0 Å². The second-order valence-electron chi connectivity index (χ2n) is 6.35. The van der Waals surface area contributed by atoms with Gasteiger partial charge in [0.15, 0.2) is 0 Å². The largest absolute Gasteiger partial charge is 0.339 e. The van der Waals surface area contributed by atoms with E-state index >= 15 is 0 Å². The highest BCUT2D eigenvalue weighted by Gasteiger charge is 2.39. The summed E-state index contributed by atoms with van der Waals surface area (Å²) in [5.41, 5.74) is -0.291. The van der Waals surface area contributed by atoms with Crippen LogP contribution >= 0.6 is 0 Å². The highest BCUT2D eigenvalue weighted by Crippen LogP contribution is 2.22. The summed E-state index contributed by atoms with van der Waals surface area (Å²) >= 11 is 0. The van der Waals surface area contributed by atoms with Crippen molar-refractivity contribution in [2.24, 2.45) is 5.92 Å². The van der Waals surface area contributed by atoms with Crippen molar-refractivity contribution < 1.29 is 4.79 Å². The fraction of sp³-hybridized carbons (Fsp3) is 0.929. The zero-order valence-corrected chi connectivity index (χ0v) is 12.0. The molecule has 1 unspecified atom stereocenters. The Morgan fingerprint density at radius 3 is 2.44 bits per heavy atom. The number of piperazine rings is 1. The summed E-state index contributed by atoms with van der Waals surface area (Å²) in [4.78, 5) is 17.0. The Morgan fingerprint density at radius 2 is 1.94 bits per heavy atom. The first-order chi connectivity index (χ1) is 8.51. The molecule has 1 atom stereocenters. The molecule has 2 heterocycles. The lowest BCUT2D eigenvalue weighted by molar-refractivity contribution is -0.139. The molecule has 0 aromatic carbocycles. The van der Waals surface area contributed by atoms with Crippen LogP contribution in [0.3, 0.4) is 0 Å². The molecule has 4 heteroatoms. The minimum atomic E-state index is -0.291. The molecule has 2 aliphatic rings. The number of amides is 1. The summed E-state index contributed by atoms with van der Waals surface area (Å²) in [6, 6.07) is 0. The average molecular weight is 253 g/mol. The maximum atomic E-state index is 12.5. The molecule has 2 fully saturated rings. The summed E-state index contributed by atoms with van der Waals surface area (Å²) in [7, 11) is 0. The van der Waals surface area contributed by atoms with Gasteiger partial charge in [0, 0.05) is 32.7 Å². The first kappa shape index (κ1) is 13.8. The molecule has 0 aromatic rings. The Hall–Kier alpha value is -0.610. The van der Waals surface area contributed by atoms with Crippen LogP contribution in [0.15, 0.2) is 0 Å². The van der Waals surface area contributed by atoms with Crippen LogP contribution in [0, 0.1) is 5.92 Å². The standard InChI is InChI=1S/C14H27N3O/c1-12(2)11-16-7-9-17(10-8-16)13(18)14(3)5-4-6-15-14/h12,15H,4-11H2,1-3H3. The van der Waals surface area contributed by atoms with Crippen molar-refractivity contribution >= 4 is 5.91 Å². The minimum Gasteiger partial charge on any atom is -0.339 e. The van der Waals surface area contributed by atoms with Crippen molar-refractivity contribution in [1.29, 1.82) is 0 Å². The zero-order chi connectivity index (χ0) is 13.2. The predicted molar refractivity (Wildman–Crippen MR) is 73.5 cm³/mol. The van der Waals surface area contributed by atoms with Crippen molar-refractivity contribution in [1.82, 2.24) is 15.1 Å². The van der Waals surface area contributed by atoms with E-state index in [1.165, 1.54) is 0 Å². The molecule has 0 saturated carbocycles. The summed E-state index contributed by atoms with van der Waals surface area (Å²) in [5.74, 6) is 1.02. The summed E-state index contributed by atoms with van der Waals surface area (Å²) in [5, 5.41) is 3.37. The van der Waals surface area contributed by atoms with E-state index in [0.717, 1.165) is 52.1 Å². The third-order valence-electron chi connectivity index (χ3n) is 4.12. The van der Waals surface area contributed by atoms with E-state index in [4.69, 9.17) is 0 Å². The molecule has 18 heavy (non-hydrogen) atoms. The van der Waals surface area contributed by atoms with Crippen molar-refractivity contribution in [3.05, 3.63) is 0 Å². The van der Waals surface area contributed by atoms with Gasteiger partial charge in [0.05, 0.1) is 5.54 Å². The van der Waals surface area contributed by atoms with Gasteiger partial charge in [-0.1, -0.05) is 13.8 Å². The summed E-state index contributed by atoms with van der Waals surface area (Å²) in [6.45, 7) is 12.5. The predicted octanol–water partition coefficient (Wildman–Crippen LogP) is 0.929. The van der Waals surface area contributed by atoms with Gasteiger partial charge in [0.25, 0.3) is 0 Å². The monoisotopic (exact) mass is 253 g/mol. The van der Waals surface area contributed by atoms with Crippen molar-refractivity contribution in [3.8, 4) is 0 Å². The van der Waals surface area contributed by atoms with Crippen molar-refractivity contribution in [2.45, 2.75) is 39.2 Å². The van der Waals surface area contributed by atoms with Crippen LogP contribution in [0.2, 0.25) is 0 Å². The number of carbonyl (C=O) groups is 1. The van der Waals surface area contributed by atoms with Gasteiger partial charge in [0.2, 0.25) is 5.91 Å². The molecular formula is C14H27N3O. The molecule has 2 rings (SSSR count). The van der Waals surface area contributed by atoms with E-state index < -0.39 is 0 Å². The molecule has 2 saturated heterocycles. The highest BCUT2D eigenvalue weighted by atomic mass is 16.2. The van der Waals surface area contributed by atoms with Gasteiger partial charge in [-0.2, -0.15) is 0 Å². The topological polar surface area (TPSA) is 35.6 Å². The smallest absolute Gasteiger partial charge is 0.242 e. The molecule has 0 spiro atoms. The van der Waals surface area contributed by atoms with E-state index in [1.807, 2.05) is 0 Å². The Morgan fingerprint density at radius 1 is 1.28 bits per heavy atom. The van der Waals surface area contributed by atoms with Gasteiger partial charge in [-0.25, -0.2) is 0 Å². The molecule has 0 aliphatic carbocycles. The molecule has 0 aromatic heterocycles. The fourth-order valence-electron chi connectivity index (χ4n) is 3.08. The Balaban J connectivity index is 1.84. The van der Waals surface area contributed by atoms with Gasteiger partial charge in [-0.3, -0.25) is 9.69 Å². The number of nitrogens with one attached hydrogen (secondary N) is 1. The molecule has 1 amide bonds. The van der Waals surface area contributed by atoms with Gasteiger partial charge in [0.1, 0.15) is 0 Å². The number of carbonyl (C=O) groups excluding carboxylic acids is 1. The number of hydrogen-bond donors (Lipinski definition) is 1. The second-order valence-corrected chi connectivity index (χ2v) is 6.35. The van der Waals surface area contributed by atoms with E-state index in [0.29, 0.717) is 11.8 Å². The third-order valence-corrected chi connectivity index (χ3v) is 4.12. The van der Waals surface area contributed by atoms with Gasteiger partial charge < -0.3 is 10.2 Å². The fourth-order valence-corrected chi connectivity index (χ4v) is 3.08. The molecular weight excluding hydrogens is 226 g/mol. The molecule has 2 aliphatic heterocycles. The summed E-state index contributed by atoms with van der Waals surface area (Å²) < 4.78 is 0. The van der Waals surface area contributed by atoms with Crippen LogP contribution in [-0.4, -0.2) is 60.5 Å². The first-order valence-electron chi connectivity index (χ1n) is 7.28. The lowest BCUT2D eigenvalue weighted by Gasteiger charge is -2.39. The van der Waals surface area contributed by atoms with Gasteiger partial charge in [-0.15, -0.1) is 0 Å². The Labute approximate surface area is 111 Å². The van der Waals surface area contributed by atoms with Gasteiger partial charge in [-0.05, 0) is 32.2 Å². The van der Waals surface area contributed by atoms with Crippen molar-refractivity contribution in [3.63, 3.8) is 0 Å². The zero-order valence-electron chi connectivity index (χ0n) is 12.0. The first-order valence-corrected chi connectivity index (χ1v) is 7.28. The summed E-state index contributed by atoms with van der Waals surface area (Å²) in [6.07, 6.45) is 2.10. The van der Waals surface area contributed by atoms with E-state index in [-0.39, 0.29) is 5.54 Å². The maximum Gasteiger partial charge on any atom is 0.242 e. The number of hydrogen-bond acceptors (Lipinski definition) is 3. The molecule has 0 bridgehead atoms. The van der Waals surface area contributed by atoms with Crippen LogP contribution in [0.1, 0.15) is 33.6 Å². The van der Waals surface area contributed by atoms with E-state index in [2.05, 4.69) is 35.9 Å². The minimum absolute atomic E-state index is 0.291. The molecule has 4 nitrogen and oxygen atoms in total. The van der Waals surface area contributed by atoms with Gasteiger partial charge >= 0.3 is 0 Å². The van der Waals surface area contributed by atoms with E-state index in [9.17, 15) is 4.79 Å². The second kappa shape index (κ2) is 5.57. The molecule has 0 radical (unpaired) electrons.